The van der Waals surface area contributed by atoms with Gasteiger partial charge in [-0.1, -0.05) is 24.3 Å². The van der Waals surface area contributed by atoms with Gasteiger partial charge in [0.2, 0.25) is 0 Å². The highest BCUT2D eigenvalue weighted by Crippen LogP contribution is 2.58. The molecule has 0 radical (unpaired) electrons. The van der Waals surface area contributed by atoms with Crippen molar-refractivity contribution in [2.75, 3.05) is 5.75 Å². The first-order valence-electron chi connectivity index (χ1n) is 6.19. The summed E-state index contributed by atoms with van der Waals surface area (Å²) in [5.74, 6) is -0.285. The Bertz CT molecular complexity index is 566. The van der Waals surface area contributed by atoms with Gasteiger partial charge in [-0.05, 0) is 36.8 Å². The van der Waals surface area contributed by atoms with Crippen LogP contribution in [0.25, 0.3) is 0 Å². The second-order valence-corrected chi connectivity index (χ2v) is 6.65. The number of epoxide rings is 1. The summed E-state index contributed by atoms with van der Waals surface area (Å²) in [4.78, 5) is 0. The summed E-state index contributed by atoms with van der Waals surface area (Å²) in [7, 11) is -4.10. The number of hydrogen-bond donors (Lipinski definition) is 0. The van der Waals surface area contributed by atoms with Crippen LogP contribution < -0.4 is 0 Å². The summed E-state index contributed by atoms with van der Waals surface area (Å²) in [5, 5.41) is 0. The molecule has 1 aliphatic heterocycles. The van der Waals surface area contributed by atoms with Crippen molar-refractivity contribution >= 4 is 10.1 Å². The van der Waals surface area contributed by atoms with Crippen molar-refractivity contribution in [3.63, 3.8) is 0 Å². The zero-order valence-electron chi connectivity index (χ0n) is 9.96. The first-order chi connectivity index (χ1) is 8.50. The predicted octanol–water partition coefficient (Wildman–Crippen LogP) is 1.77. The summed E-state index contributed by atoms with van der Waals surface area (Å²) in [6.07, 6.45) is 3.05. The summed E-state index contributed by atoms with van der Waals surface area (Å²) in [6, 6.07) is 8.21. The van der Waals surface area contributed by atoms with Crippen LogP contribution in [0.3, 0.4) is 0 Å². The van der Waals surface area contributed by atoms with E-state index in [-0.39, 0.29) is 17.5 Å². The average Bonchev–Trinajstić information content (AvgIpc) is 3.02. The van der Waals surface area contributed by atoms with Gasteiger partial charge >= 0.3 is 0 Å². The number of aryl methyl sites for hydroxylation is 1. The van der Waals surface area contributed by atoms with E-state index in [9.17, 15) is 13.0 Å². The van der Waals surface area contributed by atoms with Crippen molar-refractivity contribution in [3.05, 3.63) is 35.4 Å². The third-order valence-corrected chi connectivity index (χ3v) is 4.71. The SMILES string of the molecule is O=S(=O)([O-])CCCC12CCc3ccccc3C1O2. The van der Waals surface area contributed by atoms with Crippen molar-refractivity contribution in [3.8, 4) is 0 Å². The van der Waals surface area contributed by atoms with Gasteiger partial charge in [0.05, 0.1) is 15.7 Å². The lowest BCUT2D eigenvalue weighted by Crippen LogP contribution is -2.20. The van der Waals surface area contributed by atoms with E-state index >= 15 is 0 Å². The molecule has 0 aromatic heterocycles. The quantitative estimate of drug-likeness (QED) is 0.615. The van der Waals surface area contributed by atoms with Crippen LogP contribution >= 0.6 is 0 Å². The van der Waals surface area contributed by atoms with Crippen LogP contribution in [0.4, 0.5) is 0 Å². The zero-order chi connectivity index (χ0) is 12.8. The molecule has 0 amide bonds. The molecule has 1 fully saturated rings. The number of hydrogen-bond acceptors (Lipinski definition) is 4. The molecule has 3 rings (SSSR count). The molecule has 1 heterocycles. The minimum Gasteiger partial charge on any atom is -0.748 e. The minimum absolute atomic E-state index is 0.108. The fourth-order valence-corrected chi connectivity index (χ4v) is 3.46. The number of benzene rings is 1. The van der Waals surface area contributed by atoms with Gasteiger partial charge in [-0.3, -0.25) is 0 Å². The van der Waals surface area contributed by atoms with Crippen LogP contribution in [0.15, 0.2) is 24.3 Å². The molecule has 0 bridgehead atoms. The van der Waals surface area contributed by atoms with Crippen molar-refractivity contribution in [1.29, 1.82) is 0 Å². The Kier molecular flexibility index (Phi) is 2.73. The van der Waals surface area contributed by atoms with Crippen LogP contribution in [0, 0.1) is 0 Å². The smallest absolute Gasteiger partial charge is 0.113 e. The second-order valence-electron chi connectivity index (χ2n) is 5.13. The standard InChI is InChI=1S/C13H16O4S/c14-18(15,16)9-3-7-13-8-6-10-4-1-2-5-11(10)12(13)17-13/h1-2,4-5,12H,3,6-9H2,(H,14,15,16)/p-1. The molecule has 18 heavy (non-hydrogen) atoms. The van der Waals surface area contributed by atoms with Gasteiger partial charge in [0.25, 0.3) is 0 Å². The van der Waals surface area contributed by atoms with Crippen LogP contribution in [0.5, 0.6) is 0 Å². The largest absolute Gasteiger partial charge is 0.748 e. The Morgan fingerprint density at radius 3 is 2.94 bits per heavy atom. The summed E-state index contributed by atoms with van der Waals surface area (Å²) in [6.45, 7) is 0. The van der Waals surface area contributed by atoms with Crippen molar-refractivity contribution < 1.29 is 17.7 Å². The first kappa shape index (κ1) is 12.1. The monoisotopic (exact) mass is 267 g/mol. The molecule has 1 aliphatic carbocycles. The number of ether oxygens (including phenoxy) is 1. The molecule has 2 aliphatic rings. The first-order valence-corrected chi connectivity index (χ1v) is 7.77. The highest BCUT2D eigenvalue weighted by Gasteiger charge is 2.58. The number of rotatable bonds is 4. The molecule has 1 saturated heterocycles. The molecule has 2 atom stereocenters. The molecule has 98 valence electrons. The van der Waals surface area contributed by atoms with E-state index in [4.69, 9.17) is 4.74 Å². The molecule has 5 heteroatoms. The predicted molar refractivity (Wildman–Crippen MR) is 65.1 cm³/mol. The normalized spacial score (nSPS) is 29.5. The molecular formula is C13H15O4S-. The Labute approximate surface area is 107 Å². The van der Waals surface area contributed by atoms with Gasteiger partial charge in [0.15, 0.2) is 0 Å². The Balaban J connectivity index is 1.67. The van der Waals surface area contributed by atoms with Gasteiger partial charge in [0, 0.05) is 5.75 Å². The van der Waals surface area contributed by atoms with E-state index in [1.807, 2.05) is 12.1 Å². The van der Waals surface area contributed by atoms with Crippen molar-refractivity contribution in [1.82, 2.24) is 0 Å². The summed E-state index contributed by atoms with van der Waals surface area (Å²) in [5.41, 5.74) is 2.36. The number of fused-ring (bicyclic) bond motifs is 3. The van der Waals surface area contributed by atoms with E-state index in [0.29, 0.717) is 12.8 Å². The van der Waals surface area contributed by atoms with Crippen LogP contribution in [-0.2, 0) is 21.3 Å². The Hall–Kier alpha value is -0.910. The molecule has 2 unspecified atom stereocenters. The molecule has 1 aromatic rings. The second kappa shape index (κ2) is 4.05. The lowest BCUT2D eigenvalue weighted by atomic mass is 9.82. The third kappa shape index (κ3) is 2.18. The van der Waals surface area contributed by atoms with Gasteiger partial charge in [-0.2, -0.15) is 0 Å². The lowest BCUT2D eigenvalue weighted by Gasteiger charge is -2.20. The zero-order valence-corrected chi connectivity index (χ0v) is 10.8. The van der Waals surface area contributed by atoms with Crippen molar-refractivity contribution in [2.45, 2.75) is 37.4 Å². The average molecular weight is 267 g/mol. The summed E-state index contributed by atoms with van der Waals surface area (Å²) >= 11 is 0. The minimum atomic E-state index is -4.10. The fraction of sp³-hybridized carbons (Fsp3) is 0.538. The van der Waals surface area contributed by atoms with Crippen LogP contribution in [-0.4, -0.2) is 24.3 Å². The van der Waals surface area contributed by atoms with Crippen molar-refractivity contribution in [2.24, 2.45) is 0 Å². The maximum atomic E-state index is 10.6. The Morgan fingerprint density at radius 1 is 1.39 bits per heavy atom. The summed E-state index contributed by atoms with van der Waals surface area (Å²) < 4.78 is 37.6. The van der Waals surface area contributed by atoms with Gasteiger partial charge < -0.3 is 9.29 Å². The maximum absolute atomic E-state index is 10.6. The van der Waals surface area contributed by atoms with E-state index in [1.165, 1.54) is 11.1 Å². The topological polar surface area (TPSA) is 69.7 Å². The van der Waals surface area contributed by atoms with E-state index < -0.39 is 10.1 Å². The molecule has 0 N–H and O–H groups in total. The maximum Gasteiger partial charge on any atom is 0.113 e. The van der Waals surface area contributed by atoms with Gasteiger partial charge in [0.1, 0.15) is 6.10 Å². The highest BCUT2D eigenvalue weighted by molar-refractivity contribution is 7.85. The van der Waals surface area contributed by atoms with Crippen LogP contribution in [0.2, 0.25) is 0 Å². The fourth-order valence-electron chi connectivity index (χ4n) is 2.96. The van der Waals surface area contributed by atoms with Gasteiger partial charge in [-0.15, -0.1) is 0 Å². The molecule has 0 saturated carbocycles. The molecule has 0 spiro atoms. The van der Waals surface area contributed by atoms with E-state index in [0.717, 1.165) is 12.8 Å². The third-order valence-electron chi connectivity index (χ3n) is 3.92. The van der Waals surface area contributed by atoms with E-state index in [2.05, 4.69) is 12.1 Å². The Morgan fingerprint density at radius 2 is 2.17 bits per heavy atom. The van der Waals surface area contributed by atoms with E-state index in [1.54, 1.807) is 0 Å². The lowest BCUT2D eigenvalue weighted by molar-refractivity contribution is 0.269. The van der Waals surface area contributed by atoms with Crippen LogP contribution in [0.1, 0.15) is 36.5 Å². The molecule has 4 nitrogen and oxygen atoms in total. The molecular weight excluding hydrogens is 252 g/mol. The van der Waals surface area contributed by atoms with Gasteiger partial charge in [-0.25, -0.2) is 8.42 Å². The highest BCUT2D eigenvalue weighted by atomic mass is 32.2. The molecule has 1 aromatic carbocycles.